The third-order valence-electron chi connectivity index (χ3n) is 3.60. The normalized spacial score (nSPS) is 11.2. The molecule has 0 amide bonds. The number of pyridine rings is 1. The van der Waals surface area contributed by atoms with Crippen LogP contribution < -0.4 is 5.56 Å². The Bertz CT molecular complexity index is 801. The van der Waals surface area contributed by atoms with E-state index in [2.05, 4.69) is 0 Å². The largest absolute Gasteiger partial charge is 0.312 e. The Kier molecular flexibility index (Phi) is 3.15. The van der Waals surface area contributed by atoms with Crippen LogP contribution in [0.2, 0.25) is 0 Å². The van der Waals surface area contributed by atoms with Gasteiger partial charge in [-0.3, -0.25) is 4.79 Å². The second-order valence-corrected chi connectivity index (χ2v) is 5.26. The SMILES string of the molecule is CC(C)n1ccc2cccc(-c3ccccc3)c2c1=O. The Balaban J connectivity index is 2.39. The van der Waals surface area contributed by atoms with Crippen LogP contribution in [0.3, 0.4) is 0 Å². The number of hydrogen-bond donors (Lipinski definition) is 0. The summed E-state index contributed by atoms with van der Waals surface area (Å²) in [7, 11) is 0. The van der Waals surface area contributed by atoms with Crippen LogP contribution in [0.1, 0.15) is 19.9 Å². The number of fused-ring (bicyclic) bond motifs is 1. The molecule has 0 aliphatic carbocycles. The third-order valence-corrected chi connectivity index (χ3v) is 3.60. The van der Waals surface area contributed by atoms with Crippen LogP contribution in [0, 0.1) is 0 Å². The van der Waals surface area contributed by atoms with Crippen molar-refractivity contribution in [2.45, 2.75) is 19.9 Å². The first-order valence-corrected chi connectivity index (χ1v) is 6.88. The quantitative estimate of drug-likeness (QED) is 0.677. The molecule has 0 atom stereocenters. The van der Waals surface area contributed by atoms with Crippen molar-refractivity contribution in [3.8, 4) is 11.1 Å². The van der Waals surface area contributed by atoms with Crippen molar-refractivity contribution >= 4 is 10.8 Å². The van der Waals surface area contributed by atoms with Gasteiger partial charge in [-0.25, -0.2) is 0 Å². The highest BCUT2D eigenvalue weighted by Crippen LogP contribution is 2.26. The molecule has 0 unspecified atom stereocenters. The molecule has 2 heteroatoms. The maximum atomic E-state index is 12.7. The fourth-order valence-corrected chi connectivity index (χ4v) is 2.57. The maximum absolute atomic E-state index is 12.7. The summed E-state index contributed by atoms with van der Waals surface area (Å²) in [4.78, 5) is 12.7. The van der Waals surface area contributed by atoms with Crippen molar-refractivity contribution in [1.29, 1.82) is 0 Å². The zero-order valence-corrected chi connectivity index (χ0v) is 11.7. The molecule has 1 heterocycles. The van der Waals surface area contributed by atoms with E-state index in [0.717, 1.165) is 21.9 Å². The molecule has 0 fully saturated rings. The molecule has 0 aliphatic rings. The van der Waals surface area contributed by atoms with Crippen molar-refractivity contribution < 1.29 is 0 Å². The van der Waals surface area contributed by atoms with Gasteiger partial charge in [0.25, 0.3) is 5.56 Å². The highest BCUT2D eigenvalue weighted by atomic mass is 16.1. The summed E-state index contributed by atoms with van der Waals surface area (Å²) in [6.07, 6.45) is 1.88. The second kappa shape index (κ2) is 4.97. The Labute approximate surface area is 118 Å². The van der Waals surface area contributed by atoms with Gasteiger partial charge in [0.1, 0.15) is 0 Å². The molecule has 0 aliphatic heterocycles. The van der Waals surface area contributed by atoms with Crippen molar-refractivity contribution in [3.05, 3.63) is 71.1 Å². The molecule has 1 aromatic heterocycles. The molecule has 0 spiro atoms. The minimum absolute atomic E-state index is 0.0805. The van der Waals surface area contributed by atoms with Gasteiger partial charge < -0.3 is 4.57 Å². The van der Waals surface area contributed by atoms with Crippen molar-refractivity contribution in [1.82, 2.24) is 4.57 Å². The summed E-state index contributed by atoms with van der Waals surface area (Å²) >= 11 is 0. The van der Waals surface area contributed by atoms with Gasteiger partial charge in [0.2, 0.25) is 0 Å². The molecule has 0 saturated heterocycles. The van der Waals surface area contributed by atoms with Gasteiger partial charge in [0, 0.05) is 12.2 Å². The Morgan fingerprint density at radius 3 is 2.35 bits per heavy atom. The van der Waals surface area contributed by atoms with Gasteiger partial charge in [0.15, 0.2) is 0 Å². The third kappa shape index (κ3) is 2.03. The molecule has 0 N–H and O–H groups in total. The average molecular weight is 263 g/mol. The van der Waals surface area contributed by atoms with E-state index in [0.29, 0.717) is 0 Å². The molecule has 100 valence electrons. The van der Waals surface area contributed by atoms with Crippen LogP contribution >= 0.6 is 0 Å². The minimum atomic E-state index is 0.0805. The molecule has 0 bridgehead atoms. The number of aromatic nitrogens is 1. The standard InChI is InChI=1S/C18H17NO/c1-13(2)19-12-11-15-9-6-10-16(17(15)18(19)20)14-7-4-3-5-8-14/h3-13H,1-2H3. The van der Waals surface area contributed by atoms with Crippen LogP contribution in [-0.2, 0) is 0 Å². The fourth-order valence-electron chi connectivity index (χ4n) is 2.57. The molecule has 20 heavy (non-hydrogen) atoms. The van der Waals surface area contributed by atoms with E-state index in [4.69, 9.17) is 0 Å². The first-order chi connectivity index (χ1) is 9.68. The van der Waals surface area contributed by atoms with Gasteiger partial charge in [-0.2, -0.15) is 0 Å². The minimum Gasteiger partial charge on any atom is -0.312 e. The topological polar surface area (TPSA) is 22.0 Å². The van der Waals surface area contributed by atoms with Crippen LogP contribution in [-0.4, -0.2) is 4.57 Å². The lowest BCUT2D eigenvalue weighted by Crippen LogP contribution is -2.21. The van der Waals surface area contributed by atoms with E-state index in [1.807, 2.05) is 74.6 Å². The molecule has 2 aromatic carbocycles. The van der Waals surface area contributed by atoms with Crippen molar-refractivity contribution in [2.75, 3.05) is 0 Å². The smallest absolute Gasteiger partial charge is 0.259 e. The molecular formula is C18H17NO. The monoisotopic (exact) mass is 263 g/mol. The predicted molar refractivity (Wildman–Crippen MR) is 84.0 cm³/mol. The summed E-state index contributed by atoms with van der Waals surface area (Å²) in [5.41, 5.74) is 2.16. The summed E-state index contributed by atoms with van der Waals surface area (Å²) in [5.74, 6) is 0. The molecule has 2 nitrogen and oxygen atoms in total. The van der Waals surface area contributed by atoms with Crippen LogP contribution in [0.5, 0.6) is 0 Å². The van der Waals surface area contributed by atoms with E-state index in [-0.39, 0.29) is 11.6 Å². The fraction of sp³-hybridized carbons (Fsp3) is 0.167. The molecule has 3 aromatic rings. The van der Waals surface area contributed by atoms with Gasteiger partial charge in [-0.1, -0.05) is 48.5 Å². The first-order valence-electron chi connectivity index (χ1n) is 6.88. The Hall–Kier alpha value is -2.35. The number of hydrogen-bond acceptors (Lipinski definition) is 1. The second-order valence-electron chi connectivity index (χ2n) is 5.26. The van der Waals surface area contributed by atoms with E-state index in [1.165, 1.54) is 0 Å². The number of benzene rings is 2. The average Bonchev–Trinajstić information content (AvgIpc) is 2.47. The van der Waals surface area contributed by atoms with Crippen molar-refractivity contribution in [2.24, 2.45) is 0 Å². The lowest BCUT2D eigenvalue weighted by atomic mass is 9.99. The summed E-state index contributed by atoms with van der Waals surface area (Å²) in [5, 5.41) is 1.79. The van der Waals surface area contributed by atoms with Crippen LogP contribution in [0.4, 0.5) is 0 Å². The van der Waals surface area contributed by atoms with E-state index >= 15 is 0 Å². The highest BCUT2D eigenvalue weighted by molar-refractivity contribution is 5.95. The first kappa shape index (κ1) is 12.7. The zero-order chi connectivity index (χ0) is 14.1. The lowest BCUT2D eigenvalue weighted by Gasteiger charge is -2.13. The number of rotatable bonds is 2. The molecule has 0 saturated carbocycles. The molecule has 0 radical (unpaired) electrons. The van der Waals surface area contributed by atoms with E-state index in [1.54, 1.807) is 4.57 Å². The van der Waals surface area contributed by atoms with Gasteiger partial charge >= 0.3 is 0 Å². The van der Waals surface area contributed by atoms with Gasteiger partial charge in [-0.05, 0) is 36.4 Å². The zero-order valence-electron chi connectivity index (χ0n) is 11.7. The highest BCUT2D eigenvalue weighted by Gasteiger charge is 2.10. The maximum Gasteiger partial charge on any atom is 0.259 e. The molecular weight excluding hydrogens is 246 g/mol. The van der Waals surface area contributed by atoms with Gasteiger partial charge in [0.05, 0.1) is 5.39 Å². The molecule has 3 rings (SSSR count). The van der Waals surface area contributed by atoms with E-state index < -0.39 is 0 Å². The van der Waals surface area contributed by atoms with Gasteiger partial charge in [-0.15, -0.1) is 0 Å². The van der Waals surface area contributed by atoms with Crippen LogP contribution in [0.15, 0.2) is 65.6 Å². The summed E-state index contributed by atoms with van der Waals surface area (Å²) in [6, 6.07) is 18.3. The lowest BCUT2D eigenvalue weighted by molar-refractivity contribution is 0.583. The van der Waals surface area contributed by atoms with Crippen LogP contribution in [0.25, 0.3) is 21.9 Å². The van der Waals surface area contributed by atoms with E-state index in [9.17, 15) is 4.79 Å². The predicted octanol–water partition coefficient (Wildman–Crippen LogP) is 4.25. The summed E-state index contributed by atoms with van der Waals surface area (Å²) < 4.78 is 1.79. The Morgan fingerprint density at radius 1 is 0.900 bits per heavy atom. The summed E-state index contributed by atoms with van der Waals surface area (Å²) in [6.45, 7) is 4.05. The number of nitrogens with zero attached hydrogens (tertiary/aromatic N) is 1. The Morgan fingerprint density at radius 2 is 1.65 bits per heavy atom. The van der Waals surface area contributed by atoms with Crippen molar-refractivity contribution in [3.63, 3.8) is 0 Å².